The van der Waals surface area contributed by atoms with Crippen molar-refractivity contribution in [2.24, 2.45) is 5.92 Å². The number of aromatic nitrogens is 1. The second-order valence-corrected chi connectivity index (χ2v) is 12.4. The van der Waals surface area contributed by atoms with Gasteiger partial charge in [-0.3, -0.25) is 9.59 Å². The zero-order chi connectivity index (χ0) is 29.6. The van der Waals surface area contributed by atoms with Gasteiger partial charge < -0.3 is 29.4 Å². The predicted octanol–water partition coefficient (Wildman–Crippen LogP) is 6.06. The van der Waals surface area contributed by atoms with E-state index in [9.17, 15) is 14.4 Å². The maximum absolute atomic E-state index is 13.7. The maximum Gasteiger partial charge on any atom is 0.407 e. The van der Waals surface area contributed by atoms with E-state index in [1.807, 2.05) is 47.6 Å². The fourth-order valence-electron chi connectivity index (χ4n) is 5.64. The normalized spacial score (nSPS) is 22.1. The summed E-state index contributed by atoms with van der Waals surface area (Å²) < 4.78 is 18.2. The number of hydrogen-bond acceptors (Lipinski definition) is 6. The first-order valence-corrected chi connectivity index (χ1v) is 14.2. The van der Waals surface area contributed by atoms with E-state index >= 15 is 0 Å². The van der Waals surface area contributed by atoms with Crippen LogP contribution in [0.3, 0.4) is 0 Å². The Bertz CT molecular complexity index is 1370. The number of aryl methyl sites for hydroxylation is 2. The molecule has 4 rings (SSSR count). The number of alkyl carbamates (subject to hydrolysis) is 1. The highest BCUT2D eigenvalue weighted by Gasteiger charge is 2.47. The molecule has 1 aliphatic heterocycles. The van der Waals surface area contributed by atoms with Gasteiger partial charge in [-0.15, -0.1) is 0 Å². The number of carbonyl (C=O) groups excluding carboxylic acids is 2. The van der Waals surface area contributed by atoms with Crippen LogP contribution in [0.2, 0.25) is 5.02 Å². The summed E-state index contributed by atoms with van der Waals surface area (Å²) in [5.41, 5.74) is 1.91. The quantitative estimate of drug-likeness (QED) is 0.450. The number of carbonyl (C=O) groups is 2. The van der Waals surface area contributed by atoms with Gasteiger partial charge in [0, 0.05) is 42.8 Å². The van der Waals surface area contributed by atoms with Gasteiger partial charge in [0.15, 0.2) is 11.5 Å². The fourth-order valence-corrected chi connectivity index (χ4v) is 5.87. The van der Waals surface area contributed by atoms with Crippen LogP contribution in [0.25, 0.3) is 0 Å². The Morgan fingerprint density at radius 1 is 1.15 bits per heavy atom. The minimum Gasteiger partial charge on any atom is -0.448 e. The lowest BCUT2D eigenvalue weighted by Gasteiger charge is -2.37. The van der Waals surface area contributed by atoms with E-state index in [1.165, 1.54) is 4.90 Å². The molecule has 0 spiro atoms. The molecule has 2 aliphatic rings. The molecule has 1 atom stereocenters. The number of halogens is 1. The van der Waals surface area contributed by atoms with Gasteiger partial charge in [-0.2, -0.15) is 0 Å². The summed E-state index contributed by atoms with van der Waals surface area (Å²) in [7, 11) is 1.59. The van der Waals surface area contributed by atoms with Crippen molar-refractivity contribution >= 4 is 29.3 Å². The first-order chi connectivity index (χ1) is 18.6. The number of amides is 2. The molecule has 1 fully saturated rings. The van der Waals surface area contributed by atoms with Gasteiger partial charge in [0.2, 0.25) is 0 Å². The highest BCUT2D eigenvalue weighted by atomic mass is 35.5. The molecular formula is C30H40ClN3O6. The van der Waals surface area contributed by atoms with Crippen LogP contribution in [0.1, 0.15) is 87.5 Å². The Kier molecular flexibility index (Phi) is 8.18. The SMILES string of the molecule is CCc1cc(C)[nH]c(=O)c1N(C)C(=O)c1cc(Cl)c2c(c1C)OC(C)(C1CCC(NC(=O)OC(C)(C)C)CC1)O2. The Balaban J connectivity index is 1.51. The van der Waals surface area contributed by atoms with Crippen LogP contribution < -0.4 is 25.2 Å². The average Bonchev–Trinajstić information content (AvgIpc) is 3.24. The minimum atomic E-state index is -0.968. The van der Waals surface area contributed by atoms with Gasteiger partial charge in [-0.05, 0) is 84.4 Å². The van der Waals surface area contributed by atoms with Crippen LogP contribution in [0, 0.1) is 19.8 Å². The van der Waals surface area contributed by atoms with Crippen LogP contribution in [0.15, 0.2) is 16.9 Å². The number of anilines is 1. The number of benzene rings is 1. The molecule has 2 heterocycles. The molecule has 0 radical (unpaired) electrons. The number of nitrogens with zero attached hydrogens (tertiary/aromatic N) is 1. The first-order valence-electron chi connectivity index (χ1n) is 13.8. The third kappa shape index (κ3) is 5.94. The molecule has 9 nitrogen and oxygen atoms in total. The third-order valence-electron chi connectivity index (χ3n) is 7.71. The Morgan fingerprint density at radius 2 is 1.77 bits per heavy atom. The van der Waals surface area contributed by atoms with Crippen LogP contribution in [0.4, 0.5) is 10.5 Å². The lowest BCUT2D eigenvalue weighted by molar-refractivity contribution is -0.121. The third-order valence-corrected chi connectivity index (χ3v) is 7.99. The lowest BCUT2D eigenvalue weighted by Crippen LogP contribution is -2.48. The minimum absolute atomic E-state index is 0.0153. The van der Waals surface area contributed by atoms with E-state index in [-0.39, 0.29) is 28.4 Å². The number of H-pyrrole nitrogens is 1. The standard InChI is InChI=1S/C30H40ClN3O6/c1-9-18-14-16(2)32-26(35)23(18)34(8)27(36)21-15-22(31)25-24(17(21)3)38-30(7,39-25)19-10-12-20(13-11-19)33-28(37)40-29(4,5)6/h14-15,19-20H,9-13H2,1-8H3,(H,32,35)(H,33,37). The summed E-state index contributed by atoms with van der Waals surface area (Å²) in [5.74, 6) is -0.430. The van der Waals surface area contributed by atoms with E-state index in [0.717, 1.165) is 36.9 Å². The number of pyridine rings is 1. The Hall–Kier alpha value is -3.20. The number of hydrogen-bond donors (Lipinski definition) is 2. The van der Waals surface area contributed by atoms with Gasteiger partial charge in [0.1, 0.15) is 11.3 Å². The van der Waals surface area contributed by atoms with Crippen LogP contribution >= 0.6 is 11.6 Å². The number of rotatable bonds is 5. The van der Waals surface area contributed by atoms with Crippen LogP contribution in [0.5, 0.6) is 11.5 Å². The first kappa shape index (κ1) is 29.8. The number of nitrogens with one attached hydrogen (secondary N) is 2. The van der Waals surface area contributed by atoms with Crippen molar-refractivity contribution in [3.63, 3.8) is 0 Å². The smallest absolute Gasteiger partial charge is 0.407 e. The summed E-state index contributed by atoms with van der Waals surface area (Å²) in [6.45, 7) is 13.0. The van der Waals surface area contributed by atoms with E-state index in [4.69, 9.17) is 25.8 Å². The van der Waals surface area contributed by atoms with E-state index in [1.54, 1.807) is 20.0 Å². The Labute approximate surface area is 240 Å². The number of fused-ring (bicyclic) bond motifs is 1. The average molecular weight is 574 g/mol. The van der Waals surface area contributed by atoms with Crippen molar-refractivity contribution in [2.45, 2.75) is 98.0 Å². The summed E-state index contributed by atoms with van der Waals surface area (Å²) in [6, 6.07) is 3.48. The predicted molar refractivity (Wildman–Crippen MR) is 155 cm³/mol. The van der Waals surface area contributed by atoms with Gasteiger partial charge in [0.05, 0.1) is 5.02 Å². The van der Waals surface area contributed by atoms with Crippen LogP contribution in [-0.2, 0) is 11.2 Å². The molecule has 1 unspecified atom stereocenters. The van der Waals surface area contributed by atoms with Gasteiger partial charge in [-0.25, -0.2) is 4.79 Å². The molecule has 1 aromatic carbocycles. The second kappa shape index (κ2) is 11.0. The monoisotopic (exact) mass is 573 g/mol. The van der Waals surface area contributed by atoms with Gasteiger partial charge in [-0.1, -0.05) is 18.5 Å². The van der Waals surface area contributed by atoms with E-state index < -0.39 is 17.5 Å². The van der Waals surface area contributed by atoms with Crippen LogP contribution in [-0.4, -0.2) is 41.5 Å². The molecule has 1 aliphatic carbocycles. The number of aromatic amines is 1. The molecule has 2 aromatic rings. The number of ether oxygens (including phenoxy) is 3. The largest absolute Gasteiger partial charge is 0.448 e. The molecule has 0 saturated heterocycles. The van der Waals surface area contributed by atoms with Gasteiger partial charge >= 0.3 is 6.09 Å². The molecule has 0 bridgehead atoms. The van der Waals surface area contributed by atoms with Crippen molar-refractivity contribution in [2.75, 3.05) is 11.9 Å². The molecule has 218 valence electrons. The zero-order valence-electron chi connectivity index (χ0n) is 24.6. The zero-order valence-corrected chi connectivity index (χ0v) is 25.4. The molecule has 2 amide bonds. The highest BCUT2D eigenvalue weighted by Crippen LogP contribution is 2.51. The van der Waals surface area contributed by atoms with Crippen molar-refractivity contribution in [1.82, 2.24) is 10.3 Å². The summed E-state index contributed by atoms with van der Waals surface area (Å²) in [5, 5.41) is 3.24. The summed E-state index contributed by atoms with van der Waals surface area (Å²) in [4.78, 5) is 42.8. The van der Waals surface area contributed by atoms with E-state index in [2.05, 4.69) is 10.3 Å². The molecule has 10 heteroatoms. The second-order valence-electron chi connectivity index (χ2n) is 12.0. The van der Waals surface area contributed by atoms with Crippen molar-refractivity contribution in [3.05, 3.63) is 49.9 Å². The molecule has 2 N–H and O–H groups in total. The van der Waals surface area contributed by atoms with Crippen molar-refractivity contribution in [1.29, 1.82) is 0 Å². The highest BCUT2D eigenvalue weighted by molar-refractivity contribution is 6.33. The molecule has 1 aromatic heterocycles. The Morgan fingerprint density at radius 3 is 2.38 bits per heavy atom. The lowest BCUT2D eigenvalue weighted by atomic mass is 9.81. The molecule has 1 saturated carbocycles. The van der Waals surface area contributed by atoms with Crippen molar-refractivity contribution < 1.29 is 23.8 Å². The maximum atomic E-state index is 13.7. The summed E-state index contributed by atoms with van der Waals surface area (Å²) in [6.07, 6.45) is 3.25. The van der Waals surface area contributed by atoms with Gasteiger partial charge in [0.25, 0.3) is 17.3 Å². The summed E-state index contributed by atoms with van der Waals surface area (Å²) >= 11 is 6.65. The fraction of sp³-hybridized carbons (Fsp3) is 0.567. The topological polar surface area (TPSA) is 110 Å². The molecule has 40 heavy (non-hydrogen) atoms. The molecular weight excluding hydrogens is 534 g/mol. The van der Waals surface area contributed by atoms with E-state index in [0.29, 0.717) is 34.7 Å². The van der Waals surface area contributed by atoms with Crippen molar-refractivity contribution in [3.8, 4) is 11.5 Å².